The van der Waals surface area contributed by atoms with Crippen LogP contribution in [0.1, 0.15) is 30.5 Å². The standard InChI is InChI=1S/C30H27N3O3/c1-4-27-25-17-22(23-12-11-21-15-16-31-26(21)18-23)13-14-24(25)29(36-19-20-9-7-6-8-10-20)28(30(34)35-3)33(27)32-5-2/h4-18,31H,19H2,1-3H3/b27-4+,32-5-. The lowest BCUT2D eigenvalue weighted by Gasteiger charge is -2.32. The molecule has 0 atom stereocenters. The number of carbonyl (C=O) groups excluding carboxylic acids is 1. The summed E-state index contributed by atoms with van der Waals surface area (Å²) in [6.07, 6.45) is 5.53. The van der Waals surface area contributed by atoms with Crippen molar-refractivity contribution >= 4 is 34.5 Å². The monoisotopic (exact) mass is 477 g/mol. The number of aromatic nitrogens is 1. The number of methoxy groups -OCH3 is 1. The molecule has 3 aromatic carbocycles. The molecular weight excluding hydrogens is 450 g/mol. The van der Waals surface area contributed by atoms with E-state index in [0.29, 0.717) is 12.4 Å². The summed E-state index contributed by atoms with van der Waals surface area (Å²) in [4.78, 5) is 16.3. The number of nitrogens with one attached hydrogen (secondary N) is 1. The van der Waals surface area contributed by atoms with Crippen molar-refractivity contribution in [1.29, 1.82) is 0 Å². The van der Waals surface area contributed by atoms with E-state index in [1.807, 2.05) is 62.5 Å². The zero-order valence-electron chi connectivity index (χ0n) is 20.5. The quantitative estimate of drug-likeness (QED) is 0.252. The summed E-state index contributed by atoms with van der Waals surface area (Å²) in [5.74, 6) is -0.0850. The Hall–Kier alpha value is -4.58. The molecule has 0 amide bonds. The lowest BCUT2D eigenvalue weighted by molar-refractivity contribution is -0.137. The van der Waals surface area contributed by atoms with E-state index in [9.17, 15) is 4.79 Å². The highest BCUT2D eigenvalue weighted by Crippen LogP contribution is 2.42. The molecule has 4 aromatic rings. The Balaban J connectivity index is 1.67. The van der Waals surface area contributed by atoms with Gasteiger partial charge in [0.25, 0.3) is 0 Å². The van der Waals surface area contributed by atoms with Crippen molar-refractivity contribution in [3.63, 3.8) is 0 Å². The topological polar surface area (TPSA) is 66.9 Å². The molecule has 0 spiro atoms. The molecule has 1 aliphatic rings. The van der Waals surface area contributed by atoms with E-state index >= 15 is 0 Å². The van der Waals surface area contributed by atoms with Crippen molar-refractivity contribution in [2.24, 2.45) is 5.10 Å². The van der Waals surface area contributed by atoms with Gasteiger partial charge >= 0.3 is 5.97 Å². The summed E-state index contributed by atoms with van der Waals surface area (Å²) < 4.78 is 11.5. The largest absolute Gasteiger partial charge is 0.486 e. The third-order valence-corrected chi connectivity index (χ3v) is 6.19. The molecule has 1 aromatic heterocycles. The van der Waals surface area contributed by atoms with Gasteiger partial charge in [0.1, 0.15) is 6.61 Å². The van der Waals surface area contributed by atoms with Crippen LogP contribution in [0.5, 0.6) is 0 Å². The minimum atomic E-state index is -0.519. The second kappa shape index (κ2) is 9.96. The zero-order valence-corrected chi connectivity index (χ0v) is 20.5. The number of nitrogens with zero attached hydrogens (tertiary/aromatic N) is 2. The maximum atomic E-state index is 13.0. The summed E-state index contributed by atoms with van der Waals surface area (Å²) in [6, 6.07) is 24.4. The number of allylic oxidation sites excluding steroid dienone is 1. The minimum Gasteiger partial charge on any atom is -0.486 e. The number of hydrogen-bond donors (Lipinski definition) is 1. The van der Waals surface area contributed by atoms with Crippen LogP contribution in [-0.4, -0.2) is 29.3 Å². The van der Waals surface area contributed by atoms with Gasteiger partial charge in [0.2, 0.25) is 0 Å². The number of fused-ring (bicyclic) bond motifs is 2. The van der Waals surface area contributed by atoms with Gasteiger partial charge < -0.3 is 14.5 Å². The molecular formula is C30H27N3O3. The van der Waals surface area contributed by atoms with Crippen molar-refractivity contribution in [1.82, 2.24) is 9.99 Å². The van der Waals surface area contributed by atoms with Crippen LogP contribution in [0, 0.1) is 0 Å². The van der Waals surface area contributed by atoms with E-state index in [1.54, 1.807) is 11.2 Å². The highest BCUT2D eigenvalue weighted by atomic mass is 16.5. The zero-order chi connectivity index (χ0) is 25.1. The Morgan fingerprint density at radius 3 is 2.50 bits per heavy atom. The summed E-state index contributed by atoms with van der Waals surface area (Å²) in [7, 11) is 1.36. The van der Waals surface area contributed by atoms with Gasteiger partial charge in [-0.05, 0) is 60.2 Å². The normalized spacial score (nSPS) is 14.5. The number of esters is 1. The van der Waals surface area contributed by atoms with Crippen LogP contribution in [0.25, 0.3) is 33.5 Å². The number of rotatable bonds is 6. The Labute approximate surface area is 210 Å². The summed E-state index contributed by atoms with van der Waals surface area (Å²) >= 11 is 0. The number of hydrogen-bond acceptors (Lipinski definition) is 5. The van der Waals surface area contributed by atoms with Gasteiger partial charge in [0.15, 0.2) is 11.5 Å². The van der Waals surface area contributed by atoms with Crippen molar-refractivity contribution in [3.05, 3.63) is 107 Å². The van der Waals surface area contributed by atoms with Crippen molar-refractivity contribution in [2.45, 2.75) is 20.5 Å². The second-order valence-corrected chi connectivity index (χ2v) is 8.34. The molecule has 0 bridgehead atoms. The molecule has 6 heteroatoms. The fraction of sp³-hybridized carbons (Fsp3) is 0.133. The first-order chi connectivity index (χ1) is 17.6. The average Bonchev–Trinajstić information content (AvgIpc) is 3.39. The molecule has 0 aliphatic carbocycles. The maximum Gasteiger partial charge on any atom is 0.360 e. The molecule has 0 radical (unpaired) electrons. The Bertz CT molecular complexity index is 1510. The second-order valence-electron chi connectivity index (χ2n) is 8.34. The molecule has 36 heavy (non-hydrogen) atoms. The SMILES string of the molecule is C/C=N\N1C(C(=O)OC)=C(OCc2ccccc2)c2ccc(-c3ccc4cc[nH]c4c3)cc2/C1=C\C. The maximum absolute atomic E-state index is 13.0. The van der Waals surface area contributed by atoms with Gasteiger partial charge in [0, 0.05) is 29.1 Å². The van der Waals surface area contributed by atoms with Gasteiger partial charge in [-0.15, -0.1) is 0 Å². The Morgan fingerprint density at radius 1 is 0.972 bits per heavy atom. The molecule has 0 saturated carbocycles. The number of carbonyl (C=O) groups is 1. The van der Waals surface area contributed by atoms with Crippen LogP contribution >= 0.6 is 0 Å². The van der Waals surface area contributed by atoms with Crippen LogP contribution in [0.15, 0.2) is 95.9 Å². The van der Waals surface area contributed by atoms with E-state index in [2.05, 4.69) is 46.5 Å². The fourth-order valence-corrected chi connectivity index (χ4v) is 4.48. The number of aromatic amines is 1. The lowest BCUT2D eigenvalue weighted by atomic mass is 9.92. The van der Waals surface area contributed by atoms with Crippen LogP contribution in [0.3, 0.4) is 0 Å². The van der Waals surface area contributed by atoms with E-state index in [-0.39, 0.29) is 5.70 Å². The van der Waals surface area contributed by atoms with Crippen molar-refractivity contribution in [3.8, 4) is 11.1 Å². The molecule has 6 nitrogen and oxygen atoms in total. The molecule has 0 saturated heterocycles. The molecule has 1 N–H and O–H groups in total. The first kappa shape index (κ1) is 23.2. The van der Waals surface area contributed by atoms with Gasteiger partial charge in [-0.3, -0.25) is 0 Å². The van der Waals surface area contributed by atoms with E-state index in [4.69, 9.17) is 9.47 Å². The number of ether oxygens (including phenoxy) is 2. The average molecular weight is 478 g/mol. The smallest absolute Gasteiger partial charge is 0.360 e. The van der Waals surface area contributed by atoms with E-state index in [0.717, 1.165) is 44.4 Å². The third-order valence-electron chi connectivity index (χ3n) is 6.19. The van der Waals surface area contributed by atoms with Crippen molar-refractivity contribution < 1.29 is 14.3 Å². The number of benzene rings is 3. The first-order valence-corrected chi connectivity index (χ1v) is 11.8. The number of hydrazone groups is 1. The minimum absolute atomic E-state index is 0.243. The van der Waals surface area contributed by atoms with Gasteiger partial charge in [-0.2, -0.15) is 5.10 Å². The third kappa shape index (κ3) is 4.18. The number of H-pyrrole nitrogens is 1. The van der Waals surface area contributed by atoms with Gasteiger partial charge in [-0.25, -0.2) is 9.80 Å². The Morgan fingerprint density at radius 2 is 1.75 bits per heavy atom. The fourth-order valence-electron chi connectivity index (χ4n) is 4.48. The van der Waals surface area contributed by atoms with E-state index in [1.165, 1.54) is 7.11 Å². The van der Waals surface area contributed by atoms with E-state index < -0.39 is 5.97 Å². The summed E-state index contributed by atoms with van der Waals surface area (Å²) in [5.41, 5.74) is 6.96. The molecule has 0 unspecified atom stereocenters. The molecule has 1 aliphatic heterocycles. The molecule has 180 valence electrons. The summed E-state index contributed by atoms with van der Waals surface area (Å²) in [5, 5.41) is 7.29. The highest BCUT2D eigenvalue weighted by molar-refractivity contribution is 6.02. The van der Waals surface area contributed by atoms with Crippen LogP contribution < -0.4 is 0 Å². The molecule has 5 rings (SSSR count). The van der Waals surface area contributed by atoms with Gasteiger partial charge in [-0.1, -0.05) is 54.6 Å². The van der Waals surface area contributed by atoms with Crippen LogP contribution in [0.4, 0.5) is 0 Å². The summed E-state index contributed by atoms with van der Waals surface area (Å²) in [6.45, 7) is 4.04. The lowest BCUT2D eigenvalue weighted by Crippen LogP contribution is -2.29. The van der Waals surface area contributed by atoms with Gasteiger partial charge in [0.05, 0.1) is 12.8 Å². The molecule has 0 fully saturated rings. The Kier molecular flexibility index (Phi) is 6.41. The molecule has 2 heterocycles. The predicted molar refractivity (Wildman–Crippen MR) is 144 cm³/mol. The van der Waals surface area contributed by atoms with Crippen LogP contribution in [0.2, 0.25) is 0 Å². The van der Waals surface area contributed by atoms with Crippen LogP contribution in [-0.2, 0) is 20.9 Å². The van der Waals surface area contributed by atoms with Crippen molar-refractivity contribution in [2.75, 3.05) is 7.11 Å². The predicted octanol–water partition coefficient (Wildman–Crippen LogP) is 6.58. The highest BCUT2D eigenvalue weighted by Gasteiger charge is 2.35. The first-order valence-electron chi connectivity index (χ1n) is 11.8.